The molecular formula is C16H13NO2S. The van der Waals surface area contributed by atoms with Gasteiger partial charge in [0.25, 0.3) is 0 Å². The van der Waals surface area contributed by atoms with Gasteiger partial charge in [0, 0.05) is 34.7 Å². The van der Waals surface area contributed by atoms with Crippen LogP contribution in [0.15, 0.2) is 46.9 Å². The summed E-state index contributed by atoms with van der Waals surface area (Å²) < 4.78 is 5.80. The number of furan rings is 1. The molecule has 3 aromatic rings. The fourth-order valence-electron chi connectivity index (χ4n) is 2.82. The summed E-state index contributed by atoms with van der Waals surface area (Å²) in [7, 11) is 0. The molecule has 20 heavy (non-hydrogen) atoms. The molecule has 0 spiro atoms. The Hall–Kier alpha value is -1.94. The Morgan fingerprint density at radius 1 is 1.10 bits per heavy atom. The minimum absolute atomic E-state index is 0.124. The van der Waals surface area contributed by atoms with Crippen molar-refractivity contribution >= 4 is 46.2 Å². The molecule has 0 aliphatic carbocycles. The molecule has 4 rings (SSSR count). The molecule has 0 N–H and O–H groups in total. The van der Waals surface area contributed by atoms with Gasteiger partial charge in [-0.05, 0) is 24.3 Å². The molecule has 1 atom stereocenters. The van der Waals surface area contributed by atoms with E-state index in [0.29, 0.717) is 13.0 Å². The molecule has 1 saturated heterocycles. The van der Waals surface area contributed by atoms with Crippen LogP contribution in [0.2, 0.25) is 0 Å². The van der Waals surface area contributed by atoms with Crippen LogP contribution < -0.4 is 4.90 Å². The lowest BCUT2D eigenvalue weighted by Crippen LogP contribution is -2.24. The second kappa shape index (κ2) is 4.28. The fourth-order valence-corrected chi connectivity index (χ4v) is 3.14. The van der Waals surface area contributed by atoms with Crippen LogP contribution in [-0.4, -0.2) is 17.7 Å². The zero-order chi connectivity index (χ0) is 13.7. The van der Waals surface area contributed by atoms with Crippen molar-refractivity contribution < 1.29 is 9.21 Å². The standard InChI is InChI=1S/C16H13NO2S/c18-16-8-11(20)9-17(16)10-5-6-15-13(7-10)12-3-1-2-4-14(12)19-15/h1-7,11,20H,8-9H2. The van der Waals surface area contributed by atoms with Gasteiger partial charge in [-0.25, -0.2) is 0 Å². The van der Waals surface area contributed by atoms with Crippen molar-refractivity contribution in [2.75, 3.05) is 11.4 Å². The molecule has 100 valence electrons. The number of fused-ring (bicyclic) bond motifs is 3. The summed E-state index contributed by atoms with van der Waals surface area (Å²) in [6.07, 6.45) is 0.507. The maximum absolute atomic E-state index is 12.0. The highest BCUT2D eigenvalue weighted by Gasteiger charge is 2.28. The molecule has 1 unspecified atom stereocenters. The lowest BCUT2D eigenvalue weighted by Gasteiger charge is -2.15. The summed E-state index contributed by atoms with van der Waals surface area (Å²) in [5.41, 5.74) is 2.65. The van der Waals surface area contributed by atoms with Gasteiger partial charge < -0.3 is 9.32 Å². The first kappa shape index (κ1) is 11.9. The van der Waals surface area contributed by atoms with Gasteiger partial charge in [-0.2, -0.15) is 12.6 Å². The molecule has 2 heterocycles. The lowest BCUT2D eigenvalue weighted by atomic mass is 10.1. The van der Waals surface area contributed by atoms with E-state index in [1.807, 2.05) is 42.5 Å². The molecule has 1 amide bonds. The Morgan fingerprint density at radius 3 is 2.70 bits per heavy atom. The van der Waals surface area contributed by atoms with Crippen molar-refractivity contribution in [2.45, 2.75) is 11.7 Å². The van der Waals surface area contributed by atoms with Crippen LogP contribution in [0, 0.1) is 0 Å². The number of carbonyl (C=O) groups excluding carboxylic acids is 1. The van der Waals surface area contributed by atoms with Gasteiger partial charge in [0.15, 0.2) is 0 Å². The number of benzene rings is 2. The maximum Gasteiger partial charge on any atom is 0.228 e. The van der Waals surface area contributed by atoms with Crippen LogP contribution in [0.25, 0.3) is 21.9 Å². The minimum Gasteiger partial charge on any atom is -0.456 e. The SMILES string of the molecule is O=C1CC(S)CN1c1ccc2oc3ccccc3c2c1. The van der Waals surface area contributed by atoms with Crippen LogP contribution in [0.1, 0.15) is 6.42 Å². The van der Waals surface area contributed by atoms with Gasteiger partial charge in [-0.3, -0.25) is 4.79 Å². The molecule has 0 bridgehead atoms. The topological polar surface area (TPSA) is 33.5 Å². The largest absolute Gasteiger partial charge is 0.456 e. The normalized spacial score (nSPS) is 19.4. The van der Waals surface area contributed by atoms with Crippen molar-refractivity contribution in [3.63, 3.8) is 0 Å². The number of para-hydroxylation sites is 1. The summed E-state index contributed by atoms with van der Waals surface area (Å²) in [6.45, 7) is 0.670. The number of hydrogen-bond donors (Lipinski definition) is 1. The highest BCUT2D eigenvalue weighted by molar-refractivity contribution is 7.81. The molecule has 1 aromatic heterocycles. The Bertz CT molecular complexity index is 824. The lowest BCUT2D eigenvalue weighted by molar-refractivity contribution is -0.117. The first-order chi connectivity index (χ1) is 9.72. The third-order valence-corrected chi connectivity index (χ3v) is 4.12. The number of anilines is 1. The van der Waals surface area contributed by atoms with Gasteiger partial charge in [0.2, 0.25) is 5.91 Å². The summed E-state index contributed by atoms with van der Waals surface area (Å²) in [4.78, 5) is 13.8. The van der Waals surface area contributed by atoms with Crippen molar-refractivity contribution in [1.82, 2.24) is 0 Å². The van der Waals surface area contributed by atoms with Crippen LogP contribution in [0.4, 0.5) is 5.69 Å². The molecule has 4 heteroatoms. The maximum atomic E-state index is 12.0. The molecule has 1 fully saturated rings. The van der Waals surface area contributed by atoms with Crippen LogP contribution >= 0.6 is 12.6 Å². The van der Waals surface area contributed by atoms with Crippen molar-refractivity contribution in [1.29, 1.82) is 0 Å². The minimum atomic E-state index is 0.124. The predicted molar refractivity (Wildman–Crippen MR) is 83.5 cm³/mol. The summed E-state index contributed by atoms with van der Waals surface area (Å²) in [5.74, 6) is 0.136. The van der Waals surface area contributed by atoms with E-state index in [-0.39, 0.29) is 11.2 Å². The quantitative estimate of drug-likeness (QED) is 0.692. The van der Waals surface area contributed by atoms with Crippen LogP contribution in [-0.2, 0) is 4.79 Å². The molecule has 0 radical (unpaired) electrons. The summed E-state index contributed by atoms with van der Waals surface area (Å²) in [5, 5.41) is 2.26. The number of thiol groups is 1. The zero-order valence-electron chi connectivity index (χ0n) is 10.7. The fraction of sp³-hybridized carbons (Fsp3) is 0.188. The highest BCUT2D eigenvalue weighted by Crippen LogP contribution is 2.33. The van der Waals surface area contributed by atoms with Gasteiger partial charge in [0.1, 0.15) is 11.2 Å². The highest BCUT2D eigenvalue weighted by atomic mass is 32.1. The molecular weight excluding hydrogens is 270 g/mol. The van der Waals surface area contributed by atoms with Crippen molar-refractivity contribution in [2.24, 2.45) is 0 Å². The third-order valence-electron chi connectivity index (χ3n) is 3.78. The first-order valence-electron chi connectivity index (χ1n) is 6.62. The second-order valence-electron chi connectivity index (χ2n) is 5.14. The summed E-state index contributed by atoms with van der Waals surface area (Å²) >= 11 is 4.40. The predicted octanol–water partition coefficient (Wildman–Crippen LogP) is 3.62. The second-order valence-corrected chi connectivity index (χ2v) is 5.87. The first-order valence-corrected chi connectivity index (χ1v) is 7.14. The Labute approximate surface area is 121 Å². The number of rotatable bonds is 1. The van der Waals surface area contributed by atoms with E-state index < -0.39 is 0 Å². The Kier molecular flexibility index (Phi) is 2.54. The van der Waals surface area contributed by atoms with E-state index in [2.05, 4.69) is 12.6 Å². The Morgan fingerprint density at radius 2 is 1.90 bits per heavy atom. The number of hydrogen-bond acceptors (Lipinski definition) is 3. The zero-order valence-corrected chi connectivity index (χ0v) is 11.6. The van der Waals surface area contributed by atoms with E-state index in [0.717, 1.165) is 27.6 Å². The molecule has 0 saturated carbocycles. The van der Waals surface area contributed by atoms with E-state index in [1.165, 1.54) is 0 Å². The van der Waals surface area contributed by atoms with Gasteiger partial charge >= 0.3 is 0 Å². The van der Waals surface area contributed by atoms with E-state index in [9.17, 15) is 4.79 Å². The van der Waals surface area contributed by atoms with E-state index in [4.69, 9.17) is 4.42 Å². The molecule has 1 aliphatic rings. The Balaban J connectivity index is 1.90. The average Bonchev–Trinajstić information content (AvgIpc) is 2.98. The van der Waals surface area contributed by atoms with Gasteiger partial charge in [0.05, 0.1) is 0 Å². The van der Waals surface area contributed by atoms with E-state index in [1.54, 1.807) is 4.90 Å². The van der Waals surface area contributed by atoms with Crippen LogP contribution in [0.3, 0.4) is 0 Å². The molecule has 1 aliphatic heterocycles. The van der Waals surface area contributed by atoms with Crippen molar-refractivity contribution in [3.8, 4) is 0 Å². The number of nitrogens with zero attached hydrogens (tertiary/aromatic N) is 1. The van der Waals surface area contributed by atoms with Crippen LogP contribution in [0.5, 0.6) is 0 Å². The third kappa shape index (κ3) is 1.72. The molecule has 2 aromatic carbocycles. The van der Waals surface area contributed by atoms with E-state index >= 15 is 0 Å². The monoisotopic (exact) mass is 283 g/mol. The molecule has 3 nitrogen and oxygen atoms in total. The smallest absolute Gasteiger partial charge is 0.228 e. The van der Waals surface area contributed by atoms with Gasteiger partial charge in [-0.15, -0.1) is 0 Å². The van der Waals surface area contributed by atoms with Crippen molar-refractivity contribution in [3.05, 3.63) is 42.5 Å². The van der Waals surface area contributed by atoms with Gasteiger partial charge in [-0.1, -0.05) is 18.2 Å². The average molecular weight is 283 g/mol. The number of carbonyl (C=O) groups is 1. The summed E-state index contributed by atoms with van der Waals surface area (Å²) in [6, 6.07) is 13.9. The number of amides is 1.